The van der Waals surface area contributed by atoms with Crippen molar-refractivity contribution in [3.05, 3.63) is 24.3 Å². The van der Waals surface area contributed by atoms with Gasteiger partial charge in [-0.1, -0.05) is 12.1 Å². The molecule has 0 unspecified atom stereocenters. The van der Waals surface area contributed by atoms with Crippen molar-refractivity contribution < 1.29 is 74.1 Å². The van der Waals surface area contributed by atoms with E-state index in [1.54, 1.807) is 0 Å². The van der Waals surface area contributed by atoms with E-state index in [1.807, 2.05) is 0 Å². The Balaban J connectivity index is 3.56. The van der Waals surface area contributed by atoms with Gasteiger partial charge in [0.25, 0.3) is 0 Å². The average molecular weight is 494 g/mol. The third kappa shape index (κ3) is 3.84. The van der Waals surface area contributed by atoms with Crippen molar-refractivity contribution in [2.75, 3.05) is 0 Å². The van der Waals surface area contributed by atoms with Gasteiger partial charge in [0.2, 0.25) is 0 Å². The molecule has 0 saturated carbocycles. The Morgan fingerprint density at radius 1 is 0.633 bits per heavy atom. The van der Waals surface area contributed by atoms with E-state index in [9.17, 15) is 69.4 Å². The van der Waals surface area contributed by atoms with Crippen molar-refractivity contribution in [3.63, 3.8) is 0 Å². The molecule has 0 aliphatic rings. The van der Waals surface area contributed by atoms with Gasteiger partial charge in [-0.2, -0.15) is 65.5 Å². The third-order valence-corrected chi connectivity index (χ3v) is 4.12. The Kier molecular flexibility index (Phi) is 6.08. The fourth-order valence-electron chi connectivity index (χ4n) is 1.69. The first-order valence-corrected chi connectivity index (χ1v) is 8.02. The predicted molar refractivity (Wildman–Crippen MR) is 66.2 cm³/mol. The zero-order valence-electron chi connectivity index (χ0n) is 13.2. The Labute approximate surface area is 156 Å². The third-order valence-electron chi connectivity index (χ3n) is 3.25. The first kappa shape index (κ1) is 26.0. The Morgan fingerprint density at radius 3 is 1.43 bits per heavy atom. The predicted octanol–water partition coefficient (Wildman–Crippen LogP) is 5.42. The molecule has 0 aliphatic heterocycles. The van der Waals surface area contributed by atoms with Crippen LogP contribution in [0.2, 0.25) is 0 Å². The van der Waals surface area contributed by atoms with Crippen molar-refractivity contribution in [2.45, 2.75) is 40.9 Å². The second kappa shape index (κ2) is 7.01. The summed E-state index contributed by atoms with van der Waals surface area (Å²) in [4.78, 5) is -2.00. The lowest BCUT2D eigenvalue weighted by atomic mass is 9.97. The Morgan fingerprint density at radius 2 is 1.03 bits per heavy atom. The summed E-state index contributed by atoms with van der Waals surface area (Å²) in [5.74, 6) is -34.2. The molecule has 0 bridgehead atoms. The molecule has 0 saturated heterocycles. The molecule has 0 spiro atoms. The Bertz CT molecular complexity index is 890. The smallest absolute Gasteiger partial charge is 0.426 e. The molecular formula is C12H4F14O3S. The van der Waals surface area contributed by atoms with Gasteiger partial charge in [0.05, 0.1) is 0 Å². The molecule has 18 heteroatoms. The molecule has 0 atom stereocenters. The zero-order valence-corrected chi connectivity index (χ0v) is 14.1. The second-order valence-corrected chi connectivity index (χ2v) is 6.61. The molecule has 174 valence electrons. The summed E-state index contributed by atoms with van der Waals surface area (Å²) < 4.78 is 205. The monoisotopic (exact) mass is 494 g/mol. The van der Waals surface area contributed by atoms with Crippen molar-refractivity contribution in [2.24, 2.45) is 0 Å². The van der Waals surface area contributed by atoms with E-state index in [4.69, 9.17) is 0 Å². The van der Waals surface area contributed by atoms with E-state index in [-0.39, 0.29) is 12.1 Å². The molecule has 0 aromatic heterocycles. The van der Waals surface area contributed by atoms with Gasteiger partial charge in [0.15, 0.2) is 0 Å². The van der Waals surface area contributed by atoms with Gasteiger partial charge in [-0.25, -0.2) is 0 Å². The van der Waals surface area contributed by atoms with E-state index >= 15 is 0 Å². The van der Waals surface area contributed by atoms with Crippen LogP contribution < -0.4 is 4.74 Å². The van der Waals surface area contributed by atoms with Crippen LogP contribution in [0.4, 0.5) is 61.0 Å². The zero-order chi connectivity index (χ0) is 24.2. The standard InChI is InChI=1S/C12H4F14O3S/c13-7(14,9(17,18)11(21,22)23)8(15,16)10(19,20)12(24,25)29-5-3-1-2-4-6(5)30(26,27)28/h1-4H. The fourth-order valence-corrected chi connectivity index (χ4v) is 2.28. The van der Waals surface area contributed by atoms with Crippen LogP contribution in [0.3, 0.4) is 0 Å². The van der Waals surface area contributed by atoms with Crippen LogP contribution in [0, 0.1) is 0 Å². The van der Waals surface area contributed by atoms with Crippen molar-refractivity contribution in [3.8, 4) is 5.75 Å². The lowest BCUT2D eigenvalue weighted by Crippen LogP contribution is -2.70. The molecule has 1 aromatic rings. The molecule has 0 fully saturated rings. The maximum atomic E-state index is 13.5. The number of hydrogen-bond donors (Lipinski definition) is 0. The molecule has 0 radical (unpaired) electrons. The highest BCUT2D eigenvalue weighted by Gasteiger charge is 2.91. The number of para-hydroxylation sites is 1. The molecule has 1 aromatic carbocycles. The van der Waals surface area contributed by atoms with Gasteiger partial charge in [0, 0.05) is 0 Å². The highest BCUT2D eigenvalue weighted by atomic mass is 32.3. The summed E-state index contributed by atoms with van der Waals surface area (Å²) in [6.07, 6.45) is -14.6. The van der Waals surface area contributed by atoms with Crippen LogP contribution in [0.25, 0.3) is 0 Å². The van der Waals surface area contributed by atoms with Gasteiger partial charge in [-0.05, 0) is 12.1 Å². The van der Waals surface area contributed by atoms with Gasteiger partial charge < -0.3 is 4.74 Å². The first-order chi connectivity index (χ1) is 13.0. The van der Waals surface area contributed by atoms with Gasteiger partial charge in [-0.3, -0.25) is 0 Å². The summed E-state index contributed by atoms with van der Waals surface area (Å²) >= 11 is 0. The molecule has 0 N–H and O–H groups in total. The van der Waals surface area contributed by atoms with Crippen molar-refractivity contribution in [1.82, 2.24) is 0 Å². The number of rotatable bonds is 7. The summed E-state index contributed by atoms with van der Waals surface area (Å²) in [7, 11) is -6.07. The topological polar surface area (TPSA) is 43.4 Å². The van der Waals surface area contributed by atoms with Crippen LogP contribution in [0.1, 0.15) is 0 Å². The van der Waals surface area contributed by atoms with Crippen LogP contribution >= 0.6 is 0 Å². The summed E-state index contributed by atoms with van der Waals surface area (Å²) in [6, 6.07) is 1.05. The number of halogens is 14. The van der Waals surface area contributed by atoms with Crippen LogP contribution in [-0.2, 0) is 10.2 Å². The number of benzene rings is 1. The van der Waals surface area contributed by atoms with E-state index in [0.29, 0.717) is 12.1 Å². The largest absolute Gasteiger partial charge is 0.471 e. The summed E-state index contributed by atoms with van der Waals surface area (Å²) in [6.45, 7) is 0. The maximum Gasteiger partial charge on any atom is 0.471 e. The first-order valence-electron chi connectivity index (χ1n) is 6.63. The van der Waals surface area contributed by atoms with E-state index in [2.05, 4.69) is 4.74 Å². The quantitative estimate of drug-likeness (QED) is 0.376. The molecular weight excluding hydrogens is 490 g/mol. The lowest BCUT2D eigenvalue weighted by Gasteiger charge is -2.39. The summed E-state index contributed by atoms with van der Waals surface area (Å²) in [5, 5.41) is 0. The van der Waals surface area contributed by atoms with Gasteiger partial charge in [0.1, 0.15) is 10.6 Å². The van der Waals surface area contributed by atoms with E-state index in [1.165, 1.54) is 0 Å². The van der Waals surface area contributed by atoms with E-state index in [0.717, 1.165) is 0 Å². The van der Waals surface area contributed by atoms with Crippen molar-refractivity contribution >= 4 is 10.2 Å². The molecule has 1 rings (SSSR count). The molecule has 0 amide bonds. The molecule has 0 aliphatic carbocycles. The Hall–Kier alpha value is -2.01. The molecule has 30 heavy (non-hydrogen) atoms. The normalized spacial score (nSPS) is 15.3. The van der Waals surface area contributed by atoms with Gasteiger partial charge >= 0.3 is 46.2 Å². The maximum absolute atomic E-state index is 13.5. The molecule has 3 nitrogen and oxygen atoms in total. The minimum atomic E-state index is -8.15. The number of hydrogen-bond acceptors (Lipinski definition) is 3. The average Bonchev–Trinajstić information content (AvgIpc) is 2.52. The second-order valence-electron chi connectivity index (χ2n) is 5.30. The van der Waals surface area contributed by atoms with Gasteiger partial charge in [-0.15, -0.1) is 3.89 Å². The summed E-state index contributed by atoms with van der Waals surface area (Å²) in [5.41, 5.74) is 0. The SMILES string of the molecule is O=S(=O)(F)c1ccccc1OC(F)(F)C(F)(F)C(F)(F)C(F)(F)C(F)(F)C(F)(F)F. The number of ether oxygens (including phenoxy) is 1. The minimum absolute atomic E-state index is 0.0585. The van der Waals surface area contributed by atoms with Crippen LogP contribution in [0.15, 0.2) is 29.2 Å². The highest BCUT2D eigenvalue weighted by molar-refractivity contribution is 7.86. The van der Waals surface area contributed by atoms with Crippen molar-refractivity contribution in [1.29, 1.82) is 0 Å². The van der Waals surface area contributed by atoms with Crippen LogP contribution in [-0.4, -0.2) is 44.4 Å². The fraction of sp³-hybridized carbons (Fsp3) is 0.500. The van der Waals surface area contributed by atoms with Crippen LogP contribution in [0.5, 0.6) is 5.75 Å². The lowest BCUT2D eigenvalue weighted by molar-refractivity contribution is -0.456. The number of alkyl halides is 13. The minimum Gasteiger partial charge on any atom is -0.426 e. The van der Waals surface area contributed by atoms with E-state index < -0.39 is 56.8 Å². The molecule has 0 heterocycles. The highest BCUT2D eigenvalue weighted by Crippen LogP contribution is 2.60.